The molecule has 0 bridgehead atoms. The molecular formula is C20H26ClFO. The topological polar surface area (TPSA) is 9.23 Å². The van der Waals surface area contributed by atoms with Crippen LogP contribution < -0.4 is 0 Å². The third kappa shape index (κ3) is 4.16. The van der Waals surface area contributed by atoms with Gasteiger partial charge in [-0.1, -0.05) is 49.1 Å². The van der Waals surface area contributed by atoms with E-state index in [1.807, 2.05) is 12.1 Å². The lowest BCUT2D eigenvalue weighted by atomic mass is 9.86. The number of halogens is 2. The van der Waals surface area contributed by atoms with Crippen molar-refractivity contribution in [2.24, 2.45) is 5.92 Å². The molecule has 1 saturated carbocycles. The molecule has 1 atom stereocenters. The van der Waals surface area contributed by atoms with Crippen molar-refractivity contribution in [1.29, 1.82) is 0 Å². The van der Waals surface area contributed by atoms with E-state index in [-0.39, 0.29) is 10.8 Å². The predicted molar refractivity (Wildman–Crippen MR) is 94.3 cm³/mol. The third-order valence-electron chi connectivity index (χ3n) is 5.26. The summed E-state index contributed by atoms with van der Waals surface area (Å²) in [5.74, 6) is 0.308. The Kier molecular flexibility index (Phi) is 5.76. The zero-order chi connectivity index (χ0) is 16.2. The lowest BCUT2D eigenvalue weighted by molar-refractivity contribution is 0.00651. The van der Waals surface area contributed by atoms with Crippen LogP contribution in [-0.4, -0.2) is 12.7 Å². The Morgan fingerprint density at radius 1 is 1.17 bits per heavy atom. The van der Waals surface area contributed by atoms with Crippen molar-refractivity contribution in [3.63, 3.8) is 0 Å². The van der Waals surface area contributed by atoms with Gasteiger partial charge in [-0.3, -0.25) is 0 Å². The summed E-state index contributed by atoms with van der Waals surface area (Å²) in [7, 11) is 0. The zero-order valence-electron chi connectivity index (χ0n) is 13.9. The maximum atomic E-state index is 14.0. The molecule has 1 unspecified atom stereocenters. The summed E-state index contributed by atoms with van der Waals surface area (Å²) >= 11 is 6.19. The van der Waals surface area contributed by atoms with Crippen LogP contribution in [0.2, 0.25) is 5.02 Å². The summed E-state index contributed by atoms with van der Waals surface area (Å²) in [5.41, 5.74) is 2.65. The molecule has 3 rings (SSSR count). The first-order valence-corrected chi connectivity index (χ1v) is 9.28. The van der Waals surface area contributed by atoms with Crippen LogP contribution in [0, 0.1) is 18.7 Å². The molecule has 0 aromatic heterocycles. The van der Waals surface area contributed by atoms with Crippen LogP contribution in [0.5, 0.6) is 0 Å². The van der Waals surface area contributed by atoms with Gasteiger partial charge in [0.15, 0.2) is 0 Å². The highest BCUT2D eigenvalue weighted by atomic mass is 35.5. The van der Waals surface area contributed by atoms with Crippen molar-refractivity contribution in [3.05, 3.63) is 40.2 Å². The standard InChI is InChI=1S/C20H26ClFO/c1-14-7-12-18(19(21)20(14)22)16-10-8-15(9-11-16)13-23-17-5-3-2-4-6-17/h7,10,12,15,17H,2-6,8-9,11,13H2,1H3. The SMILES string of the molecule is Cc1ccc(C2=CCC(COC3CCCCC3)CC2)c(Cl)c1F. The Morgan fingerprint density at radius 2 is 1.96 bits per heavy atom. The third-order valence-corrected chi connectivity index (χ3v) is 5.63. The normalized spacial score (nSPS) is 22.9. The number of hydrogen-bond acceptors (Lipinski definition) is 1. The molecule has 1 nitrogen and oxygen atoms in total. The Bertz CT molecular complexity index is 575. The smallest absolute Gasteiger partial charge is 0.145 e. The fraction of sp³-hybridized carbons (Fsp3) is 0.600. The number of allylic oxidation sites excluding steroid dienone is 2. The van der Waals surface area contributed by atoms with Crippen molar-refractivity contribution in [2.45, 2.75) is 64.4 Å². The highest BCUT2D eigenvalue weighted by molar-refractivity contribution is 6.32. The second-order valence-corrected chi connectivity index (χ2v) is 7.40. The van der Waals surface area contributed by atoms with Crippen LogP contribution >= 0.6 is 11.6 Å². The maximum absolute atomic E-state index is 14.0. The van der Waals surface area contributed by atoms with E-state index < -0.39 is 0 Å². The fourth-order valence-electron chi connectivity index (χ4n) is 3.68. The van der Waals surface area contributed by atoms with E-state index in [0.717, 1.165) is 31.4 Å². The molecule has 0 saturated heterocycles. The monoisotopic (exact) mass is 336 g/mol. The van der Waals surface area contributed by atoms with E-state index in [0.29, 0.717) is 17.6 Å². The van der Waals surface area contributed by atoms with Gasteiger partial charge in [-0.15, -0.1) is 0 Å². The van der Waals surface area contributed by atoms with E-state index in [4.69, 9.17) is 16.3 Å². The average molecular weight is 337 g/mol. The number of hydrogen-bond donors (Lipinski definition) is 0. The van der Waals surface area contributed by atoms with Gasteiger partial charge < -0.3 is 4.74 Å². The van der Waals surface area contributed by atoms with Gasteiger partial charge in [0.25, 0.3) is 0 Å². The summed E-state index contributed by atoms with van der Waals surface area (Å²) in [6.45, 7) is 2.61. The minimum atomic E-state index is -0.284. The van der Waals surface area contributed by atoms with Gasteiger partial charge in [0.1, 0.15) is 5.82 Å². The number of rotatable bonds is 4. The number of aryl methyl sites for hydroxylation is 1. The lowest BCUT2D eigenvalue weighted by Crippen LogP contribution is -2.21. The van der Waals surface area contributed by atoms with Crippen LogP contribution in [0.3, 0.4) is 0 Å². The Labute approximate surface area is 143 Å². The van der Waals surface area contributed by atoms with Gasteiger partial charge in [0.2, 0.25) is 0 Å². The summed E-state index contributed by atoms with van der Waals surface area (Å²) in [4.78, 5) is 0. The molecule has 1 fully saturated rings. The largest absolute Gasteiger partial charge is 0.378 e. The van der Waals surface area contributed by atoms with E-state index in [9.17, 15) is 4.39 Å². The Balaban J connectivity index is 1.57. The summed E-state index contributed by atoms with van der Waals surface area (Å²) in [5, 5.41) is 0.271. The van der Waals surface area contributed by atoms with Gasteiger partial charge in [0.05, 0.1) is 17.7 Å². The highest BCUT2D eigenvalue weighted by Crippen LogP contribution is 2.36. The van der Waals surface area contributed by atoms with E-state index in [1.165, 1.54) is 37.7 Å². The first kappa shape index (κ1) is 17.0. The highest BCUT2D eigenvalue weighted by Gasteiger charge is 2.21. The molecule has 2 aliphatic rings. The Hall–Kier alpha value is -0.860. The molecular weight excluding hydrogens is 311 g/mol. The molecule has 1 aromatic rings. The fourth-order valence-corrected chi connectivity index (χ4v) is 4.02. The van der Waals surface area contributed by atoms with Crippen LogP contribution in [0.1, 0.15) is 62.5 Å². The zero-order valence-corrected chi connectivity index (χ0v) is 14.7. The average Bonchev–Trinajstić information content (AvgIpc) is 2.60. The quantitative estimate of drug-likeness (QED) is 0.625. The van der Waals surface area contributed by atoms with Gasteiger partial charge >= 0.3 is 0 Å². The summed E-state index contributed by atoms with van der Waals surface area (Å²) < 4.78 is 20.1. The molecule has 0 heterocycles. The van der Waals surface area contributed by atoms with Crippen molar-refractivity contribution in [3.8, 4) is 0 Å². The number of benzene rings is 1. The van der Waals surface area contributed by atoms with Crippen molar-refractivity contribution >= 4 is 17.2 Å². The second-order valence-electron chi connectivity index (χ2n) is 7.02. The van der Waals surface area contributed by atoms with E-state index >= 15 is 0 Å². The summed E-state index contributed by atoms with van der Waals surface area (Å²) in [6, 6.07) is 3.76. The minimum absolute atomic E-state index is 0.271. The van der Waals surface area contributed by atoms with Gasteiger partial charge in [-0.25, -0.2) is 4.39 Å². The van der Waals surface area contributed by atoms with Crippen LogP contribution in [0.15, 0.2) is 18.2 Å². The maximum Gasteiger partial charge on any atom is 0.145 e. The van der Waals surface area contributed by atoms with Crippen molar-refractivity contribution < 1.29 is 9.13 Å². The molecule has 0 spiro atoms. The van der Waals surface area contributed by atoms with Crippen LogP contribution in [-0.2, 0) is 4.74 Å². The minimum Gasteiger partial charge on any atom is -0.378 e. The van der Waals surface area contributed by atoms with Gasteiger partial charge in [-0.2, -0.15) is 0 Å². The molecule has 126 valence electrons. The predicted octanol–water partition coefficient (Wildman–Crippen LogP) is 6.32. The van der Waals surface area contributed by atoms with E-state index in [1.54, 1.807) is 6.92 Å². The summed E-state index contributed by atoms with van der Waals surface area (Å²) in [6.07, 6.45) is 12.2. The van der Waals surface area contributed by atoms with Crippen molar-refractivity contribution in [2.75, 3.05) is 6.61 Å². The molecule has 0 aliphatic heterocycles. The molecule has 2 aliphatic carbocycles. The molecule has 3 heteroatoms. The Morgan fingerprint density at radius 3 is 2.65 bits per heavy atom. The van der Waals surface area contributed by atoms with Gasteiger partial charge in [0, 0.05) is 0 Å². The lowest BCUT2D eigenvalue weighted by Gasteiger charge is -2.27. The first-order chi connectivity index (χ1) is 11.1. The molecule has 23 heavy (non-hydrogen) atoms. The van der Waals surface area contributed by atoms with E-state index in [2.05, 4.69) is 6.08 Å². The van der Waals surface area contributed by atoms with Crippen LogP contribution in [0.4, 0.5) is 4.39 Å². The molecule has 0 amide bonds. The molecule has 0 N–H and O–H groups in total. The second kappa shape index (κ2) is 7.81. The molecule has 0 radical (unpaired) electrons. The van der Waals surface area contributed by atoms with Gasteiger partial charge in [-0.05, 0) is 61.6 Å². The van der Waals surface area contributed by atoms with Crippen LogP contribution in [0.25, 0.3) is 5.57 Å². The first-order valence-electron chi connectivity index (χ1n) is 8.90. The molecule has 1 aromatic carbocycles. The van der Waals surface area contributed by atoms with Crippen molar-refractivity contribution in [1.82, 2.24) is 0 Å². The number of ether oxygens (including phenoxy) is 1.